The highest BCUT2D eigenvalue weighted by Crippen LogP contribution is 2.26. The molecule has 2 rings (SSSR count). The van der Waals surface area contributed by atoms with Crippen LogP contribution in [-0.2, 0) is 10.0 Å². The Morgan fingerprint density at radius 3 is 2.38 bits per heavy atom. The maximum atomic E-state index is 13.4. The first-order valence-electron chi connectivity index (χ1n) is 5.57. The normalized spacial score (nSPS) is 11.6. The van der Waals surface area contributed by atoms with Crippen LogP contribution in [0.5, 0.6) is 0 Å². The average molecular weight is 334 g/mol. The number of hydrogen-bond acceptors (Lipinski definition) is 4. The van der Waals surface area contributed by atoms with Crippen LogP contribution in [0.15, 0.2) is 52.5 Å². The van der Waals surface area contributed by atoms with Gasteiger partial charge in [0.25, 0.3) is 15.8 Å². The first kappa shape index (κ1) is 15.6. The minimum Gasteiger partial charge on any atom is -0.278 e. The van der Waals surface area contributed by atoms with Gasteiger partial charge >= 0.3 is 0 Å². The van der Waals surface area contributed by atoms with Gasteiger partial charge in [-0.15, -0.1) is 0 Å². The van der Waals surface area contributed by atoms with Crippen molar-refractivity contribution < 1.29 is 21.6 Å². The molecule has 0 bridgehead atoms. The van der Waals surface area contributed by atoms with Crippen molar-refractivity contribution in [3.05, 3.63) is 48.4 Å². The van der Waals surface area contributed by atoms with Gasteiger partial charge in [0, 0.05) is 16.8 Å². The van der Waals surface area contributed by atoms with E-state index in [-0.39, 0.29) is 10.6 Å². The topological polar surface area (TPSA) is 59.1 Å². The highest BCUT2D eigenvalue weighted by Gasteiger charge is 2.20. The molecule has 0 amide bonds. The lowest BCUT2D eigenvalue weighted by atomic mass is 10.3. The summed E-state index contributed by atoms with van der Waals surface area (Å²) in [6.45, 7) is 0. The molecule has 0 spiro atoms. The minimum atomic E-state index is -4.17. The number of halogens is 3. The smallest absolute Gasteiger partial charge is 0.278 e. The van der Waals surface area contributed by atoms with E-state index in [1.807, 2.05) is 0 Å². The largest absolute Gasteiger partial charge is 0.288 e. The fourth-order valence-electron chi connectivity index (χ4n) is 1.48. The van der Waals surface area contributed by atoms with E-state index >= 15 is 0 Å². The molecule has 1 heterocycles. The Morgan fingerprint density at radius 2 is 1.81 bits per heavy atom. The monoisotopic (exact) mass is 334 g/mol. The van der Waals surface area contributed by atoms with Gasteiger partial charge in [0.1, 0.15) is 0 Å². The van der Waals surface area contributed by atoms with Crippen LogP contribution in [0.1, 0.15) is 0 Å². The molecule has 2 aromatic rings. The van der Waals surface area contributed by atoms with Crippen LogP contribution in [-0.4, -0.2) is 19.2 Å². The molecule has 0 aliphatic carbocycles. The van der Waals surface area contributed by atoms with E-state index in [1.54, 1.807) is 0 Å². The van der Waals surface area contributed by atoms with Crippen LogP contribution in [0, 0.1) is 5.82 Å². The third-order valence-electron chi connectivity index (χ3n) is 2.31. The molecule has 1 N–H and O–H groups in total. The predicted octanol–water partition coefficient (Wildman–Crippen LogP) is 3.34. The second-order valence-corrected chi connectivity index (χ2v) is 6.46. The SMILES string of the molecule is O=S(=O)(Nc1ccc(SC(F)F)cc1)c1ncccc1F. The van der Waals surface area contributed by atoms with Crippen molar-refractivity contribution in [2.75, 3.05) is 4.72 Å². The van der Waals surface area contributed by atoms with Gasteiger partial charge in [-0.3, -0.25) is 4.72 Å². The van der Waals surface area contributed by atoms with E-state index in [2.05, 4.69) is 9.71 Å². The maximum absolute atomic E-state index is 13.4. The van der Waals surface area contributed by atoms with Crippen molar-refractivity contribution in [1.82, 2.24) is 4.98 Å². The zero-order valence-electron chi connectivity index (χ0n) is 10.3. The number of nitrogens with zero attached hydrogens (tertiary/aromatic N) is 1. The quantitative estimate of drug-likeness (QED) is 0.852. The summed E-state index contributed by atoms with van der Waals surface area (Å²) < 4.78 is 63.8. The molecule has 0 aliphatic heterocycles. The van der Waals surface area contributed by atoms with Gasteiger partial charge in [-0.1, -0.05) is 11.8 Å². The van der Waals surface area contributed by atoms with Crippen LogP contribution in [0.25, 0.3) is 0 Å². The molecule has 1 aromatic carbocycles. The van der Waals surface area contributed by atoms with Crippen molar-refractivity contribution in [1.29, 1.82) is 0 Å². The fourth-order valence-corrected chi connectivity index (χ4v) is 3.04. The number of hydrogen-bond donors (Lipinski definition) is 1. The summed E-state index contributed by atoms with van der Waals surface area (Å²) in [6, 6.07) is 7.54. The summed E-state index contributed by atoms with van der Waals surface area (Å²) in [5, 5.41) is -0.726. The van der Waals surface area contributed by atoms with E-state index in [0.29, 0.717) is 11.8 Å². The fraction of sp³-hybridized carbons (Fsp3) is 0.0833. The molecule has 21 heavy (non-hydrogen) atoms. The molecule has 1 aromatic heterocycles. The average Bonchev–Trinajstić information content (AvgIpc) is 2.40. The van der Waals surface area contributed by atoms with Gasteiger partial charge in [0.15, 0.2) is 5.82 Å². The second kappa shape index (κ2) is 6.35. The molecule has 0 aliphatic rings. The summed E-state index contributed by atoms with van der Waals surface area (Å²) >= 11 is 0.341. The maximum Gasteiger partial charge on any atom is 0.288 e. The van der Waals surface area contributed by atoms with E-state index in [9.17, 15) is 21.6 Å². The number of anilines is 1. The molecule has 9 heteroatoms. The Hall–Kier alpha value is -1.74. The molecule has 0 saturated carbocycles. The third kappa shape index (κ3) is 4.11. The highest BCUT2D eigenvalue weighted by molar-refractivity contribution is 7.99. The van der Waals surface area contributed by atoms with Crippen LogP contribution in [0.2, 0.25) is 0 Å². The number of benzene rings is 1. The van der Waals surface area contributed by atoms with Crippen molar-refractivity contribution in [2.24, 2.45) is 0 Å². The number of nitrogens with one attached hydrogen (secondary N) is 1. The second-order valence-electron chi connectivity index (χ2n) is 3.80. The Balaban J connectivity index is 2.19. The van der Waals surface area contributed by atoms with Gasteiger partial charge < -0.3 is 0 Å². The lowest BCUT2D eigenvalue weighted by Gasteiger charge is -2.08. The van der Waals surface area contributed by atoms with Crippen LogP contribution >= 0.6 is 11.8 Å². The molecule has 0 saturated heterocycles. The third-order valence-corrected chi connectivity index (χ3v) is 4.35. The number of sulfonamides is 1. The van der Waals surface area contributed by atoms with Gasteiger partial charge in [-0.05, 0) is 36.4 Å². The minimum absolute atomic E-state index is 0.124. The molecule has 0 radical (unpaired) electrons. The molecular formula is C12H9F3N2O2S2. The molecular weight excluding hydrogens is 325 g/mol. The van der Waals surface area contributed by atoms with Crippen molar-refractivity contribution in [3.63, 3.8) is 0 Å². The summed E-state index contributed by atoms with van der Waals surface area (Å²) in [7, 11) is -4.17. The molecule has 4 nitrogen and oxygen atoms in total. The zero-order valence-corrected chi connectivity index (χ0v) is 12.0. The summed E-state index contributed by atoms with van der Waals surface area (Å²) in [5.74, 6) is -3.54. The molecule has 0 fully saturated rings. The summed E-state index contributed by atoms with van der Waals surface area (Å²) in [6.07, 6.45) is 1.15. The Labute approximate surface area is 123 Å². The van der Waals surface area contributed by atoms with E-state index in [4.69, 9.17) is 0 Å². The number of aromatic nitrogens is 1. The van der Waals surface area contributed by atoms with E-state index < -0.39 is 26.6 Å². The van der Waals surface area contributed by atoms with Crippen LogP contribution in [0.4, 0.5) is 18.9 Å². The van der Waals surface area contributed by atoms with Crippen LogP contribution in [0.3, 0.4) is 0 Å². The Bertz CT molecular complexity index is 722. The van der Waals surface area contributed by atoms with Crippen molar-refractivity contribution >= 4 is 27.5 Å². The zero-order chi connectivity index (χ0) is 15.5. The predicted molar refractivity (Wildman–Crippen MR) is 73.3 cm³/mol. The number of rotatable bonds is 5. The standard InChI is InChI=1S/C12H9F3N2O2S2/c13-10-2-1-7-16-11(10)21(18,19)17-8-3-5-9(6-4-8)20-12(14)15/h1-7,12,17H. The first-order valence-corrected chi connectivity index (χ1v) is 7.93. The van der Waals surface area contributed by atoms with Crippen LogP contribution < -0.4 is 4.72 Å². The molecule has 0 unspecified atom stereocenters. The summed E-state index contributed by atoms with van der Waals surface area (Å²) in [5.41, 5.74) is 0.124. The summed E-state index contributed by atoms with van der Waals surface area (Å²) in [4.78, 5) is 3.76. The van der Waals surface area contributed by atoms with Crippen molar-refractivity contribution in [3.8, 4) is 0 Å². The Kier molecular flexibility index (Phi) is 4.73. The molecule has 0 atom stereocenters. The highest BCUT2D eigenvalue weighted by atomic mass is 32.2. The van der Waals surface area contributed by atoms with E-state index in [0.717, 1.165) is 12.3 Å². The van der Waals surface area contributed by atoms with E-state index in [1.165, 1.54) is 30.3 Å². The lowest BCUT2D eigenvalue weighted by molar-refractivity contribution is 0.252. The number of alkyl halides is 2. The van der Waals surface area contributed by atoms with Gasteiger partial charge in [0.2, 0.25) is 5.03 Å². The Morgan fingerprint density at radius 1 is 1.14 bits per heavy atom. The van der Waals surface area contributed by atoms with Crippen molar-refractivity contribution in [2.45, 2.75) is 15.7 Å². The lowest BCUT2D eigenvalue weighted by Crippen LogP contribution is -2.16. The van der Waals surface area contributed by atoms with Gasteiger partial charge in [0.05, 0.1) is 0 Å². The first-order chi connectivity index (χ1) is 9.88. The number of thioether (sulfide) groups is 1. The van der Waals surface area contributed by atoms with Gasteiger partial charge in [-0.2, -0.15) is 17.2 Å². The molecule has 112 valence electrons. The number of pyridine rings is 1. The van der Waals surface area contributed by atoms with Gasteiger partial charge in [-0.25, -0.2) is 9.37 Å².